The van der Waals surface area contributed by atoms with Gasteiger partial charge in [-0.05, 0) is 48.7 Å². The van der Waals surface area contributed by atoms with E-state index in [4.69, 9.17) is 11.6 Å². The van der Waals surface area contributed by atoms with Crippen molar-refractivity contribution in [1.82, 2.24) is 9.97 Å². The van der Waals surface area contributed by atoms with Crippen molar-refractivity contribution in [2.75, 3.05) is 16.8 Å². The van der Waals surface area contributed by atoms with E-state index in [0.29, 0.717) is 11.6 Å². The van der Waals surface area contributed by atoms with Crippen molar-refractivity contribution in [3.05, 3.63) is 76.8 Å². The van der Waals surface area contributed by atoms with Crippen LogP contribution in [-0.4, -0.2) is 22.4 Å². The van der Waals surface area contributed by atoms with E-state index < -0.39 is 11.7 Å². The quantitative estimate of drug-likeness (QED) is 0.718. The molecule has 2 aromatic carbocycles. The number of anilines is 3. The van der Waals surface area contributed by atoms with Crippen LogP contribution >= 0.6 is 11.6 Å². The van der Waals surface area contributed by atoms with E-state index in [1.54, 1.807) is 12.3 Å². The number of carbonyl (C=O) groups excluding carboxylic acids is 1. The maximum atomic E-state index is 13.3. The number of para-hydroxylation sites is 1. The van der Waals surface area contributed by atoms with E-state index in [-0.39, 0.29) is 10.7 Å². The Morgan fingerprint density at radius 1 is 1.19 bits per heavy atom. The predicted molar refractivity (Wildman–Crippen MR) is 103 cm³/mol. The highest BCUT2D eigenvalue weighted by Gasteiger charge is 2.21. The minimum Gasteiger partial charge on any atom is -0.321 e. The largest absolute Gasteiger partial charge is 0.321 e. The van der Waals surface area contributed by atoms with Crippen LogP contribution in [0.4, 0.5) is 21.7 Å². The molecule has 136 valence electrons. The van der Waals surface area contributed by atoms with E-state index >= 15 is 0 Å². The summed E-state index contributed by atoms with van der Waals surface area (Å²) in [6, 6.07) is 13.7. The number of aromatic nitrogens is 2. The van der Waals surface area contributed by atoms with Crippen LogP contribution < -0.4 is 10.2 Å². The van der Waals surface area contributed by atoms with Gasteiger partial charge in [0.05, 0.1) is 5.02 Å². The molecule has 1 aromatic heterocycles. The smallest absolute Gasteiger partial charge is 0.274 e. The molecule has 0 spiro atoms. The highest BCUT2D eigenvalue weighted by molar-refractivity contribution is 6.31. The highest BCUT2D eigenvalue weighted by atomic mass is 35.5. The first kappa shape index (κ1) is 17.4. The average Bonchev–Trinajstić information content (AvgIpc) is 2.70. The van der Waals surface area contributed by atoms with Gasteiger partial charge in [0.25, 0.3) is 5.91 Å². The number of halogens is 2. The van der Waals surface area contributed by atoms with E-state index in [1.807, 2.05) is 23.1 Å². The van der Waals surface area contributed by atoms with Crippen LogP contribution in [0.2, 0.25) is 5.02 Å². The third-order valence-corrected chi connectivity index (χ3v) is 4.69. The Balaban J connectivity index is 1.59. The van der Waals surface area contributed by atoms with E-state index in [0.717, 1.165) is 25.1 Å². The number of rotatable bonds is 3. The van der Waals surface area contributed by atoms with Crippen LogP contribution in [0.15, 0.2) is 54.7 Å². The molecule has 0 radical (unpaired) electrons. The second kappa shape index (κ2) is 7.32. The van der Waals surface area contributed by atoms with Gasteiger partial charge < -0.3 is 10.2 Å². The van der Waals surface area contributed by atoms with Crippen molar-refractivity contribution in [2.24, 2.45) is 0 Å². The van der Waals surface area contributed by atoms with Crippen LogP contribution in [0.25, 0.3) is 0 Å². The standard InChI is InChI=1S/C20H16ClFN4O/c21-15-12-14(7-8-16(15)22)24-19(27)17-9-10-23-20(25-17)26-11-3-5-13-4-1-2-6-18(13)26/h1-2,4,6-10,12H,3,5,11H2,(H,24,27). The van der Waals surface area contributed by atoms with Gasteiger partial charge in [0, 0.05) is 24.1 Å². The molecule has 7 heteroatoms. The summed E-state index contributed by atoms with van der Waals surface area (Å²) in [5.74, 6) is -0.471. The molecule has 0 bridgehead atoms. The van der Waals surface area contributed by atoms with Crippen LogP contribution in [0.1, 0.15) is 22.5 Å². The summed E-state index contributed by atoms with van der Waals surface area (Å²) in [5, 5.41) is 2.62. The lowest BCUT2D eigenvalue weighted by Crippen LogP contribution is -2.27. The lowest BCUT2D eigenvalue weighted by molar-refractivity contribution is 0.102. The van der Waals surface area contributed by atoms with E-state index in [2.05, 4.69) is 21.4 Å². The average molecular weight is 383 g/mol. The number of fused-ring (bicyclic) bond motifs is 1. The molecule has 2 heterocycles. The van der Waals surface area contributed by atoms with Crippen LogP contribution in [-0.2, 0) is 6.42 Å². The topological polar surface area (TPSA) is 58.1 Å². The van der Waals surface area contributed by atoms with Gasteiger partial charge in [-0.3, -0.25) is 4.79 Å². The Labute approximate surface area is 160 Å². The number of aryl methyl sites for hydroxylation is 1. The fourth-order valence-electron chi connectivity index (χ4n) is 3.12. The number of amides is 1. The first-order valence-corrected chi connectivity index (χ1v) is 8.94. The molecule has 1 N–H and O–H groups in total. The molecule has 27 heavy (non-hydrogen) atoms. The molecule has 0 aliphatic carbocycles. The first-order valence-electron chi connectivity index (χ1n) is 8.57. The van der Waals surface area contributed by atoms with Crippen LogP contribution in [0, 0.1) is 5.82 Å². The van der Waals surface area contributed by atoms with Gasteiger partial charge in [0.15, 0.2) is 0 Å². The summed E-state index contributed by atoms with van der Waals surface area (Å²) in [6.07, 6.45) is 3.56. The highest BCUT2D eigenvalue weighted by Crippen LogP contribution is 2.31. The summed E-state index contributed by atoms with van der Waals surface area (Å²) in [6.45, 7) is 0.787. The SMILES string of the molecule is O=C(Nc1ccc(F)c(Cl)c1)c1ccnc(N2CCCc3ccccc32)n1. The van der Waals surface area contributed by atoms with Gasteiger partial charge >= 0.3 is 0 Å². The maximum absolute atomic E-state index is 13.3. The van der Waals surface area contributed by atoms with Crippen molar-refractivity contribution >= 4 is 34.8 Å². The Kier molecular flexibility index (Phi) is 4.73. The van der Waals surface area contributed by atoms with E-state index in [9.17, 15) is 9.18 Å². The lowest BCUT2D eigenvalue weighted by Gasteiger charge is -2.29. The molecule has 0 saturated heterocycles. The van der Waals surface area contributed by atoms with Crippen molar-refractivity contribution < 1.29 is 9.18 Å². The summed E-state index contributed by atoms with van der Waals surface area (Å²) < 4.78 is 13.3. The third-order valence-electron chi connectivity index (χ3n) is 4.40. The van der Waals surface area contributed by atoms with E-state index in [1.165, 1.54) is 23.8 Å². The molecule has 0 saturated carbocycles. The lowest BCUT2D eigenvalue weighted by atomic mass is 10.0. The molecular weight excluding hydrogens is 367 g/mol. The monoisotopic (exact) mass is 382 g/mol. The van der Waals surface area contributed by atoms with Crippen molar-refractivity contribution in [3.8, 4) is 0 Å². The summed E-state index contributed by atoms with van der Waals surface area (Å²) in [7, 11) is 0. The zero-order valence-electron chi connectivity index (χ0n) is 14.3. The fourth-order valence-corrected chi connectivity index (χ4v) is 3.30. The molecule has 5 nitrogen and oxygen atoms in total. The third kappa shape index (κ3) is 3.61. The molecule has 1 aliphatic heterocycles. The molecule has 1 amide bonds. The Hall–Kier alpha value is -2.99. The molecule has 0 fully saturated rings. The molecule has 3 aromatic rings. The number of nitrogens with zero attached hydrogens (tertiary/aromatic N) is 3. The van der Waals surface area contributed by atoms with Crippen LogP contribution in [0.5, 0.6) is 0 Å². The Morgan fingerprint density at radius 3 is 2.89 bits per heavy atom. The fraction of sp³-hybridized carbons (Fsp3) is 0.150. The van der Waals surface area contributed by atoms with Gasteiger partial charge in [0.2, 0.25) is 5.95 Å². The van der Waals surface area contributed by atoms with Crippen molar-refractivity contribution in [2.45, 2.75) is 12.8 Å². The Bertz CT molecular complexity index is 1010. The van der Waals surface area contributed by atoms with Gasteiger partial charge in [-0.15, -0.1) is 0 Å². The minimum absolute atomic E-state index is 0.0545. The second-order valence-electron chi connectivity index (χ2n) is 6.21. The molecule has 0 atom stereocenters. The molecule has 1 aliphatic rings. The second-order valence-corrected chi connectivity index (χ2v) is 6.62. The molecular formula is C20H16ClFN4O. The van der Waals surface area contributed by atoms with Crippen molar-refractivity contribution in [3.63, 3.8) is 0 Å². The number of carbonyl (C=O) groups is 1. The Morgan fingerprint density at radius 2 is 2.04 bits per heavy atom. The zero-order chi connectivity index (χ0) is 18.8. The molecule has 0 unspecified atom stereocenters. The number of nitrogens with one attached hydrogen (secondary N) is 1. The summed E-state index contributed by atoms with van der Waals surface area (Å²) >= 11 is 5.76. The summed E-state index contributed by atoms with van der Waals surface area (Å²) in [5.41, 5.74) is 2.92. The van der Waals surface area contributed by atoms with Crippen molar-refractivity contribution in [1.29, 1.82) is 0 Å². The maximum Gasteiger partial charge on any atom is 0.274 e. The van der Waals surface area contributed by atoms with Gasteiger partial charge in [-0.2, -0.15) is 0 Å². The molecule has 4 rings (SSSR count). The first-order chi connectivity index (χ1) is 13.1. The van der Waals surface area contributed by atoms with Gasteiger partial charge in [-0.1, -0.05) is 29.8 Å². The minimum atomic E-state index is -0.539. The normalized spacial score (nSPS) is 13.2. The van der Waals surface area contributed by atoms with Gasteiger partial charge in [-0.25, -0.2) is 14.4 Å². The zero-order valence-corrected chi connectivity index (χ0v) is 15.1. The summed E-state index contributed by atoms with van der Waals surface area (Å²) in [4.78, 5) is 23.3. The van der Waals surface area contributed by atoms with Gasteiger partial charge in [0.1, 0.15) is 11.5 Å². The van der Waals surface area contributed by atoms with Crippen LogP contribution in [0.3, 0.4) is 0 Å². The number of benzene rings is 2. The number of hydrogen-bond donors (Lipinski definition) is 1. The number of hydrogen-bond acceptors (Lipinski definition) is 4. The predicted octanol–water partition coefficient (Wildman–Crippen LogP) is 4.61.